The van der Waals surface area contributed by atoms with E-state index >= 15 is 0 Å². The molecule has 0 N–H and O–H groups in total. The van der Waals surface area contributed by atoms with Crippen LogP contribution in [0.3, 0.4) is 0 Å². The fourth-order valence-electron chi connectivity index (χ4n) is 19.4. The average molecular weight is 1540 g/mol. The Balaban J connectivity index is 0.000000135. The minimum atomic E-state index is 0.875. The number of hydrogen-bond acceptors (Lipinski definition) is 3. The lowest BCUT2D eigenvalue weighted by molar-refractivity contribution is 0.668. The van der Waals surface area contributed by atoms with Crippen LogP contribution in [0.25, 0.3) is 243 Å². The van der Waals surface area contributed by atoms with Gasteiger partial charge in [0.25, 0.3) is 0 Å². The Labute approximate surface area is 694 Å². The molecule has 0 bridgehead atoms. The van der Waals surface area contributed by atoms with Gasteiger partial charge in [0.05, 0.1) is 44.1 Å². The zero-order valence-corrected chi connectivity index (χ0v) is 65.4. The van der Waals surface area contributed by atoms with E-state index in [-0.39, 0.29) is 0 Å². The third kappa shape index (κ3) is 11.1. The maximum absolute atomic E-state index is 6.48. The second-order valence-electron chi connectivity index (χ2n) is 31.8. The number of furan rings is 3. The predicted octanol–water partition coefficient (Wildman–Crippen LogP) is 31.5. The molecule has 0 unspecified atom stereocenters. The summed E-state index contributed by atoms with van der Waals surface area (Å²) in [5.41, 5.74) is 33.3. The van der Waals surface area contributed by atoms with Crippen molar-refractivity contribution in [1.29, 1.82) is 0 Å². The third-order valence-electron chi connectivity index (χ3n) is 25.0. The van der Waals surface area contributed by atoms with Crippen molar-refractivity contribution < 1.29 is 13.3 Å². The van der Waals surface area contributed by atoms with Crippen molar-refractivity contribution in [2.75, 3.05) is 0 Å². The van der Waals surface area contributed by atoms with Crippen molar-refractivity contribution in [1.82, 2.24) is 18.3 Å². The highest BCUT2D eigenvalue weighted by atomic mass is 16.3. The normalized spacial score (nSPS) is 12.0. The Morgan fingerprint density at radius 2 is 0.322 bits per heavy atom. The molecular weight excluding hydrogens is 1470 g/mol. The molecule has 0 aliphatic heterocycles. The Bertz CT molecular complexity index is 8550. The number of fused-ring (bicyclic) bond motifs is 21. The van der Waals surface area contributed by atoms with E-state index in [1.165, 1.54) is 115 Å². The van der Waals surface area contributed by atoms with Gasteiger partial charge in [-0.1, -0.05) is 249 Å². The number of rotatable bonds is 10. The van der Waals surface area contributed by atoms with Crippen LogP contribution < -0.4 is 0 Å². The standard InChI is InChI=1S/C60H36N2O2.C54H34N2O/c1-6-19-53-45(14-1)46-15-2-7-20-54(46)61(53)43-26-29-60-52(36-43)51-34-39(24-27-59(51)64-60)37-12-11-13-38(30-37)41-31-42(40-25-28-58-50(35-40)49-18-5-10-23-57(49)63-58)33-44(32-41)62-55-21-8-3-16-47(55)48-17-4-9-22-56(48)62;1-5-22-49-43(18-1)44-19-2-6-23-50(44)55(49)41-17-11-16-39(32-41)37-14-9-12-35(30-37)36-13-10-15-38(31-36)40-26-28-53-47(33-40)48-34-42(27-29-54(48)57-53)56-51-24-7-3-20-45(51)46-21-4-8-25-52(46)56/h1-36H;1-34H. The Morgan fingerprint density at radius 3 is 0.661 bits per heavy atom. The molecule has 0 saturated heterocycles. The van der Waals surface area contributed by atoms with Gasteiger partial charge >= 0.3 is 0 Å². The van der Waals surface area contributed by atoms with Crippen LogP contribution in [0.1, 0.15) is 0 Å². The smallest absolute Gasteiger partial charge is 0.135 e. The molecule has 0 radical (unpaired) electrons. The van der Waals surface area contributed by atoms with Crippen molar-refractivity contribution in [3.8, 4) is 89.5 Å². The van der Waals surface area contributed by atoms with Crippen molar-refractivity contribution >= 4 is 153 Å². The minimum Gasteiger partial charge on any atom is -0.456 e. The van der Waals surface area contributed by atoms with Gasteiger partial charge in [-0.2, -0.15) is 0 Å². The van der Waals surface area contributed by atoms with Crippen LogP contribution in [0, 0.1) is 0 Å². The molecule has 0 atom stereocenters. The highest BCUT2D eigenvalue weighted by Crippen LogP contribution is 2.45. The quantitative estimate of drug-likeness (QED) is 0.137. The van der Waals surface area contributed by atoms with Crippen LogP contribution in [0.15, 0.2) is 438 Å². The summed E-state index contributed by atoms with van der Waals surface area (Å²) in [4.78, 5) is 0. The zero-order valence-electron chi connectivity index (χ0n) is 65.4. The van der Waals surface area contributed by atoms with E-state index < -0.39 is 0 Å². The van der Waals surface area contributed by atoms with Crippen molar-refractivity contribution in [3.05, 3.63) is 425 Å². The molecule has 7 nitrogen and oxygen atoms in total. The van der Waals surface area contributed by atoms with Gasteiger partial charge in [0.15, 0.2) is 0 Å². The first-order valence-electron chi connectivity index (χ1n) is 41.3. The highest BCUT2D eigenvalue weighted by molar-refractivity contribution is 6.15. The summed E-state index contributed by atoms with van der Waals surface area (Å²) in [6.45, 7) is 0. The van der Waals surface area contributed by atoms with E-state index in [1.54, 1.807) is 0 Å². The summed E-state index contributed by atoms with van der Waals surface area (Å²) < 4.78 is 28.7. The number of hydrogen-bond donors (Lipinski definition) is 0. The van der Waals surface area contributed by atoms with Crippen LogP contribution >= 0.6 is 0 Å². The Morgan fingerprint density at radius 1 is 0.116 bits per heavy atom. The first kappa shape index (κ1) is 68.0. The van der Waals surface area contributed by atoms with Gasteiger partial charge in [-0.3, -0.25) is 0 Å². The summed E-state index contributed by atoms with van der Waals surface area (Å²) >= 11 is 0. The molecular formula is C114H70N4O3. The molecule has 0 aliphatic carbocycles. The van der Waals surface area contributed by atoms with Gasteiger partial charge in [-0.05, 0) is 243 Å². The second kappa shape index (κ2) is 27.2. The first-order valence-corrected chi connectivity index (χ1v) is 41.3. The van der Waals surface area contributed by atoms with E-state index in [0.29, 0.717) is 0 Å². The molecule has 7 aromatic heterocycles. The third-order valence-corrected chi connectivity index (χ3v) is 25.0. The topological polar surface area (TPSA) is 59.1 Å². The second-order valence-corrected chi connectivity index (χ2v) is 31.8. The van der Waals surface area contributed by atoms with E-state index in [9.17, 15) is 0 Å². The molecule has 19 aromatic carbocycles. The number of nitrogens with zero attached hydrogens (tertiary/aromatic N) is 4. The van der Waals surface area contributed by atoms with Crippen LogP contribution in [0.4, 0.5) is 0 Å². The average Bonchev–Trinajstić information content (AvgIpc) is 1.70. The van der Waals surface area contributed by atoms with Crippen LogP contribution in [0.5, 0.6) is 0 Å². The van der Waals surface area contributed by atoms with Gasteiger partial charge in [-0.25, -0.2) is 0 Å². The van der Waals surface area contributed by atoms with Crippen molar-refractivity contribution in [2.45, 2.75) is 0 Å². The minimum absolute atomic E-state index is 0.875. The molecule has 121 heavy (non-hydrogen) atoms. The molecule has 0 fully saturated rings. The summed E-state index contributed by atoms with van der Waals surface area (Å²) in [5.74, 6) is 0. The summed E-state index contributed by atoms with van der Waals surface area (Å²) in [5, 5.41) is 16.7. The number of para-hydroxylation sites is 9. The predicted molar refractivity (Wildman–Crippen MR) is 505 cm³/mol. The SMILES string of the molecule is c1cc(-c2cc(-c3ccc4oc5ccccc5c4c3)cc(-n3c4ccccc4c4ccccc43)c2)cc(-c2ccc3oc4ccc(-n5c6ccccc6c6ccccc65)cc4c3c2)c1.c1cc(-c2cccc(-c3ccc4oc5ccc(-n6c7ccccc7c7ccccc76)cc5c4c3)c2)cc(-c2cccc(-n3c4ccccc4c4ccccc43)c2)c1. The highest BCUT2D eigenvalue weighted by Gasteiger charge is 2.22. The molecule has 564 valence electrons. The molecule has 26 aromatic rings. The molecule has 7 heteroatoms. The largest absolute Gasteiger partial charge is 0.456 e. The van der Waals surface area contributed by atoms with Crippen molar-refractivity contribution in [2.24, 2.45) is 0 Å². The summed E-state index contributed by atoms with van der Waals surface area (Å²) in [6.07, 6.45) is 0. The monoisotopic (exact) mass is 1540 g/mol. The lowest BCUT2D eigenvalue weighted by Crippen LogP contribution is -1.96. The zero-order chi connectivity index (χ0) is 79.3. The van der Waals surface area contributed by atoms with Gasteiger partial charge in [0.1, 0.15) is 33.5 Å². The van der Waals surface area contributed by atoms with Gasteiger partial charge < -0.3 is 31.5 Å². The van der Waals surface area contributed by atoms with E-state index in [1.807, 2.05) is 12.1 Å². The summed E-state index contributed by atoms with van der Waals surface area (Å²) in [7, 11) is 0. The fraction of sp³-hybridized carbons (Fsp3) is 0. The van der Waals surface area contributed by atoms with Gasteiger partial charge in [0, 0.05) is 98.2 Å². The molecule has 0 aliphatic rings. The van der Waals surface area contributed by atoms with Crippen LogP contribution in [-0.4, -0.2) is 18.3 Å². The van der Waals surface area contributed by atoms with Gasteiger partial charge in [-0.15, -0.1) is 0 Å². The van der Waals surface area contributed by atoms with E-state index in [2.05, 4.69) is 431 Å². The van der Waals surface area contributed by atoms with Gasteiger partial charge in [0.2, 0.25) is 0 Å². The fourth-order valence-corrected chi connectivity index (χ4v) is 19.4. The summed E-state index contributed by atoms with van der Waals surface area (Å²) in [6, 6.07) is 153. The molecule has 26 rings (SSSR count). The lowest BCUT2D eigenvalue weighted by atomic mass is 9.94. The van der Waals surface area contributed by atoms with E-state index in [0.717, 1.165) is 128 Å². The first-order chi connectivity index (χ1) is 59.9. The molecule has 0 spiro atoms. The molecule has 0 amide bonds. The van der Waals surface area contributed by atoms with Crippen molar-refractivity contribution in [3.63, 3.8) is 0 Å². The maximum atomic E-state index is 6.48. The Hall–Kier alpha value is -16.2. The number of benzene rings is 19. The van der Waals surface area contributed by atoms with E-state index in [4.69, 9.17) is 13.3 Å². The molecule has 0 saturated carbocycles. The lowest BCUT2D eigenvalue weighted by Gasteiger charge is -2.15. The van der Waals surface area contributed by atoms with Crippen LogP contribution in [-0.2, 0) is 0 Å². The number of aromatic nitrogens is 4. The Kier molecular flexibility index (Phi) is 15.3. The molecule has 7 heterocycles. The maximum Gasteiger partial charge on any atom is 0.135 e. The van der Waals surface area contributed by atoms with Crippen LogP contribution in [0.2, 0.25) is 0 Å².